The van der Waals surface area contributed by atoms with E-state index in [1.54, 1.807) is 0 Å². The lowest BCUT2D eigenvalue weighted by atomic mass is 9.89. The quantitative estimate of drug-likeness (QED) is 0.765. The third-order valence-electron chi connectivity index (χ3n) is 4.19. The Balaban J connectivity index is 1.74. The van der Waals surface area contributed by atoms with Crippen molar-refractivity contribution < 1.29 is 4.79 Å². The number of amides is 1. The van der Waals surface area contributed by atoms with Crippen LogP contribution in [0, 0.1) is 11.8 Å². The van der Waals surface area contributed by atoms with Crippen molar-refractivity contribution in [2.45, 2.75) is 57.4 Å². The number of hydrogen-bond acceptors (Lipinski definition) is 2. The Kier molecular flexibility index (Phi) is 3.53. The minimum absolute atomic E-state index is 0.0561. The Morgan fingerprint density at radius 1 is 1.25 bits per heavy atom. The van der Waals surface area contributed by atoms with Crippen molar-refractivity contribution in [1.29, 1.82) is 0 Å². The summed E-state index contributed by atoms with van der Waals surface area (Å²) in [4.78, 5) is 12.0. The second-order valence-electron chi connectivity index (χ2n) is 5.77. The Morgan fingerprint density at radius 3 is 2.44 bits per heavy atom. The van der Waals surface area contributed by atoms with Gasteiger partial charge in [0.15, 0.2) is 0 Å². The normalized spacial score (nSPS) is 26.1. The molecule has 2 saturated carbocycles. The Morgan fingerprint density at radius 2 is 1.88 bits per heavy atom. The molecule has 1 amide bonds. The van der Waals surface area contributed by atoms with Crippen LogP contribution < -0.4 is 11.1 Å². The van der Waals surface area contributed by atoms with E-state index in [4.69, 9.17) is 5.73 Å². The largest absolute Gasteiger partial charge is 0.354 e. The molecule has 0 aromatic carbocycles. The molecule has 0 saturated heterocycles. The maximum atomic E-state index is 12.0. The highest BCUT2D eigenvalue weighted by atomic mass is 16.2. The summed E-state index contributed by atoms with van der Waals surface area (Å²) in [6.07, 6.45) is 8.77. The van der Waals surface area contributed by atoms with Crippen LogP contribution in [0.25, 0.3) is 0 Å². The van der Waals surface area contributed by atoms with Crippen LogP contribution in [-0.4, -0.2) is 18.0 Å². The molecule has 2 rings (SSSR count). The predicted molar refractivity (Wildman–Crippen MR) is 64.9 cm³/mol. The first-order valence-corrected chi connectivity index (χ1v) is 6.68. The standard InChI is InChI=1S/C13H24N2O/c1-13(14,11-7-8-11)12(16)15-9-10-5-3-2-4-6-10/h10-11H,2-9,14H2,1H3,(H,15,16). The molecule has 3 nitrogen and oxygen atoms in total. The summed E-state index contributed by atoms with van der Waals surface area (Å²) in [5.41, 5.74) is 5.44. The van der Waals surface area contributed by atoms with Crippen LogP contribution in [0.4, 0.5) is 0 Å². The highest BCUT2D eigenvalue weighted by Crippen LogP contribution is 2.38. The first kappa shape index (κ1) is 11.9. The summed E-state index contributed by atoms with van der Waals surface area (Å²) < 4.78 is 0. The lowest BCUT2D eigenvalue weighted by Crippen LogP contribution is -2.54. The first-order valence-electron chi connectivity index (χ1n) is 6.68. The highest BCUT2D eigenvalue weighted by Gasteiger charge is 2.43. The maximum absolute atomic E-state index is 12.0. The van der Waals surface area contributed by atoms with Crippen molar-refractivity contribution in [3.8, 4) is 0 Å². The molecular formula is C13H24N2O. The van der Waals surface area contributed by atoms with E-state index < -0.39 is 5.54 Å². The van der Waals surface area contributed by atoms with Gasteiger partial charge < -0.3 is 11.1 Å². The molecule has 1 atom stereocenters. The average Bonchev–Trinajstić information content (AvgIpc) is 3.11. The summed E-state index contributed by atoms with van der Waals surface area (Å²) in [6.45, 7) is 2.71. The van der Waals surface area contributed by atoms with Gasteiger partial charge in [0.05, 0.1) is 5.54 Å². The van der Waals surface area contributed by atoms with Gasteiger partial charge in [0.2, 0.25) is 5.91 Å². The molecule has 2 aliphatic carbocycles. The predicted octanol–water partition coefficient (Wildman–Crippen LogP) is 1.81. The van der Waals surface area contributed by atoms with Crippen LogP contribution in [0.15, 0.2) is 0 Å². The second-order valence-corrected chi connectivity index (χ2v) is 5.77. The van der Waals surface area contributed by atoms with Crippen LogP contribution in [0.3, 0.4) is 0 Å². The van der Waals surface area contributed by atoms with Crippen molar-refractivity contribution in [3.05, 3.63) is 0 Å². The molecule has 1 unspecified atom stereocenters. The minimum atomic E-state index is -0.630. The second kappa shape index (κ2) is 4.74. The Labute approximate surface area is 98.2 Å². The van der Waals surface area contributed by atoms with E-state index in [1.807, 2.05) is 6.92 Å². The van der Waals surface area contributed by atoms with Crippen molar-refractivity contribution >= 4 is 5.91 Å². The van der Waals surface area contributed by atoms with Crippen molar-refractivity contribution in [2.75, 3.05) is 6.54 Å². The van der Waals surface area contributed by atoms with Crippen LogP contribution in [-0.2, 0) is 4.79 Å². The van der Waals surface area contributed by atoms with Gasteiger partial charge in [-0.2, -0.15) is 0 Å². The fourth-order valence-electron chi connectivity index (χ4n) is 2.69. The third-order valence-corrected chi connectivity index (χ3v) is 4.19. The maximum Gasteiger partial charge on any atom is 0.240 e. The number of nitrogens with two attached hydrogens (primary N) is 1. The molecule has 0 spiro atoms. The van der Waals surface area contributed by atoms with Crippen LogP contribution in [0.2, 0.25) is 0 Å². The summed E-state index contributed by atoms with van der Waals surface area (Å²) in [5.74, 6) is 1.16. The molecule has 3 heteroatoms. The van der Waals surface area contributed by atoms with Gasteiger partial charge in [-0.15, -0.1) is 0 Å². The fraction of sp³-hybridized carbons (Fsp3) is 0.923. The number of nitrogens with one attached hydrogen (secondary N) is 1. The molecule has 0 aromatic heterocycles. The molecule has 0 aliphatic heterocycles. The summed E-state index contributed by atoms with van der Waals surface area (Å²) in [6, 6.07) is 0. The van der Waals surface area contributed by atoms with E-state index >= 15 is 0 Å². The molecule has 16 heavy (non-hydrogen) atoms. The fourth-order valence-corrected chi connectivity index (χ4v) is 2.69. The lowest BCUT2D eigenvalue weighted by molar-refractivity contribution is -0.126. The zero-order valence-electron chi connectivity index (χ0n) is 10.3. The van der Waals surface area contributed by atoms with Gasteiger partial charge in [-0.3, -0.25) is 4.79 Å². The lowest BCUT2D eigenvalue weighted by Gasteiger charge is -2.26. The minimum Gasteiger partial charge on any atom is -0.354 e. The monoisotopic (exact) mass is 224 g/mol. The topological polar surface area (TPSA) is 55.1 Å². The van der Waals surface area contributed by atoms with Gasteiger partial charge in [-0.25, -0.2) is 0 Å². The van der Waals surface area contributed by atoms with E-state index in [0.717, 1.165) is 19.4 Å². The number of carbonyl (C=O) groups is 1. The molecule has 0 heterocycles. The third kappa shape index (κ3) is 2.76. The average molecular weight is 224 g/mol. The van der Waals surface area contributed by atoms with E-state index in [0.29, 0.717) is 11.8 Å². The highest BCUT2D eigenvalue weighted by molar-refractivity contribution is 5.86. The van der Waals surface area contributed by atoms with Gasteiger partial charge in [0.1, 0.15) is 0 Å². The first-order chi connectivity index (χ1) is 7.60. The van der Waals surface area contributed by atoms with Crippen molar-refractivity contribution in [1.82, 2.24) is 5.32 Å². The summed E-state index contributed by atoms with van der Waals surface area (Å²) >= 11 is 0. The molecular weight excluding hydrogens is 200 g/mol. The molecule has 0 radical (unpaired) electrons. The summed E-state index contributed by atoms with van der Waals surface area (Å²) in [5, 5.41) is 3.05. The molecule has 2 aliphatic rings. The Bertz CT molecular complexity index is 253. The smallest absolute Gasteiger partial charge is 0.240 e. The summed E-state index contributed by atoms with van der Waals surface area (Å²) in [7, 11) is 0. The van der Waals surface area contributed by atoms with Crippen LogP contribution in [0.5, 0.6) is 0 Å². The molecule has 3 N–H and O–H groups in total. The molecule has 0 aromatic rings. The van der Waals surface area contributed by atoms with E-state index in [9.17, 15) is 4.79 Å². The Hall–Kier alpha value is -0.570. The van der Waals surface area contributed by atoms with E-state index in [2.05, 4.69) is 5.32 Å². The van der Waals surface area contributed by atoms with Gasteiger partial charge in [0, 0.05) is 6.54 Å². The van der Waals surface area contributed by atoms with Crippen molar-refractivity contribution in [2.24, 2.45) is 17.6 Å². The zero-order chi connectivity index (χ0) is 11.6. The number of carbonyl (C=O) groups excluding carboxylic acids is 1. The van der Waals surface area contributed by atoms with Crippen molar-refractivity contribution in [3.63, 3.8) is 0 Å². The van der Waals surface area contributed by atoms with Gasteiger partial charge in [0.25, 0.3) is 0 Å². The number of hydrogen-bond donors (Lipinski definition) is 2. The zero-order valence-corrected chi connectivity index (χ0v) is 10.3. The van der Waals surface area contributed by atoms with Gasteiger partial charge in [-0.05, 0) is 44.4 Å². The number of rotatable bonds is 4. The van der Waals surface area contributed by atoms with Crippen LogP contribution >= 0.6 is 0 Å². The van der Waals surface area contributed by atoms with E-state index in [1.165, 1.54) is 32.1 Å². The molecule has 92 valence electrons. The van der Waals surface area contributed by atoms with Gasteiger partial charge in [-0.1, -0.05) is 19.3 Å². The SMILES string of the molecule is CC(N)(C(=O)NCC1CCCCC1)C1CC1. The molecule has 0 bridgehead atoms. The molecule has 2 fully saturated rings. The van der Waals surface area contributed by atoms with Gasteiger partial charge >= 0.3 is 0 Å². The van der Waals surface area contributed by atoms with Crippen LogP contribution in [0.1, 0.15) is 51.9 Å². The van der Waals surface area contributed by atoms with E-state index in [-0.39, 0.29) is 5.91 Å².